The Morgan fingerprint density at radius 3 is 2.37 bits per heavy atom. The summed E-state index contributed by atoms with van der Waals surface area (Å²) in [5.74, 6) is -1.21. The summed E-state index contributed by atoms with van der Waals surface area (Å²) in [5, 5.41) is 35.5. The third-order valence-electron chi connectivity index (χ3n) is 6.62. The number of hydrogen-bond donors (Lipinski definition) is 4. The molecule has 0 spiro atoms. The van der Waals surface area contributed by atoms with Gasteiger partial charge in [-0.25, -0.2) is 4.79 Å². The Morgan fingerprint density at radius 2 is 1.86 bits per heavy atom. The molecule has 1 fully saturated rings. The average molecular weight is 530 g/mol. The zero-order chi connectivity index (χ0) is 26.6. The van der Waals surface area contributed by atoms with Crippen LogP contribution < -0.4 is 5.32 Å². The van der Waals surface area contributed by atoms with Crippen LogP contribution in [0.25, 0.3) is 0 Å². The van der Waals surface area contributed by atoms with Gasteiger partial charge in [0, 0.05) is 18.2 Å². The summed E-state index contributed by atoms with van der Waals surface area (Å²) >= 11 is 1.04. The SMILES string of the molecule is COC(=O)[C@@]1(Sc2ccccc2)C[C@H](O)[C@@H](NC(C)=O)[C@H]([C@H](O)[C@H](O)CO[Si](C)(C)C(C)(C)C)O1. The van der Waals surface area contributed by atoms with Crippen LogP contribution in [0.5, 0.6) is 0 Å². The van der Waals surface area contributed by atoms with E-state index in [1.807, 2.05) is 19.2 Å². The van der Waals surface area contributed by atoms with Crippen molar-refractivity contribution in [3.63, 3.8) is 0 Å². The van der Waals surface area contributed by atoms with Gasteiger partial charge >= 0.3 is 5.97 Å². The molecule has 1 aromatic carbocycles. The molecule has 1 saturated heterocycles. The van der Waals surface area contributed by atoms with Crippen LogP contribution in [-0.4, -0.2) is 84.6 Å². The van der Waals surface area contributed by atoms with E-state index in [9.17, 15) is 24.9 Å². The van der Waals surface area contributed by atoms with Gasteiger partial charge in [0.15, 0.2) is 8.32 Å². The minimum absolute atomic E-state index is 0.111. The Balaban J connectivity index is 2.37. The first-order valence-corrected chi connectivity index (χ1v) is 15.3. The highest BCUT2D eigenvalue weighted by Gasteiger charge is 2.56. The number of thioether (sulfide) groups is 1. The summed E-state index contributed by atoms with van der Waals surface area (Å²) in [5.41, 5.74) is 0. The van der Waals surface area contributed by atoms with Crippen LogP contribution in [0, 0.1) is 0 Å². The van der Waals surface area contributed by atoms with E-state index in [4.69, 9.17) is 13.9 Å². The molecule has 2 rings (SSSR count). The molecule has 0 unspecified atom stereocenters. The van der Waals surface area contributed by atoms with Gasteiger partial charge in [-0.15, -0.1) is 0 Å². The van der Waals surface area contributed by atoms with Crippen LogP contribution in [0.15, 0.2) is 35.2 Å². The summed E-state index contributed by atoms with van der Waals surface area (Å²) in [6.45, 7) is 11.3. The van der Waals surface area contributed by atoms with Crippen molar-refractivity contribution in [3.05, 3.63) is 30.3 Å². The second-order valence-electron chi connectivity index (χ2n) is 10.4. The lowest BCUT2D eigenvalue weighted by Gasteiger charge is -2.47. The van der Waals surface area contributed by atoms with Gasteiger partial charge in [0.05, 0.1) is 25.9 Å². The molecule has 35 heavy (non-hydrogen) atoms. The maximum absolute atomic E-state index is 12.9. The first-order valence-electron chi connectivity index (χ1n) is 11.6. The smallest absolute Gasteiger partial charge is 0.349 e. The molecule has 0 radical (unpaired) electrons. The van der Waals surface area contributed by atoms with E-state index in [2.05, 4.69) is 26.1 Å². The second-order valence-corrected chi connectivity index (χ2v) is 16.5. The largest absolute Gasteiger partial charge is 0.466 e. The van der Waals surface area contributed by atoms with Crippen molar-refractivity contribution >= 4 is 32.0 Å². The number of benzene rings is 1. The fourth-order valence-corrected chi connectivity index (χ4v) is 5.83. The molecule has 1 aromatic rings. The van der Waals surface area contributed by atoms with E-state index in [0.717, 1.165) is 11.8 Å². The predicted octanol–water partition coefficient (Wildman–Crippen LogP) is 2.05. The predicted molar refractivity (Wildman–Crippen MR) is 135 cm³/mol. The normalized spacial score (nSPS) is 27.1. The molecule has 6 atom stereocenters. The van der Waals surface area contributed by atoms with Crippen molar-refractivity contribution in [1.82, 2.24) is 5.32 Å². The van der Waals surface area contributed by atoms with Crippen molar-refractivity contribution < 1.29 is 38.8 Å². The lowest BCUT2D eigenvalue weighted by atomic mass is 9.89. The zero-order valence-electron chi connectivity index (χ0n) is 21.5. The van der Waals surface area contributed by atoms with Crippen LogP contribution in [0.3, 0.4) is 0 Å². The molecule has 1 aliphatic heterocycles. The molecule has 1 amide bonds. The Bertz CT molecular complexity index is 865. The van der Waals surface area contributed by atoms with Crippen molar-refractivity contribution in [1.29, 1.82) is 0 Å². The standard InChI is InChI=1S/C24H39NO8SSi/c1-15(26)25-19-17(27)13-24(22(30)31-5,34-16-11-9-8-10-12-16)33-21(19)20(29)18(28)14-32-35(6,7)23(2,3)4/h8-12,17-21,27-29H,13-14H2,1-7H3,(H,25,26)/t17-,18+,19+,20+,21+,24-/m0/s1. The highest BCUT2D eigenvalue weighted by Crippen LogP contribution is 2.44. The van der Waals surface area contributed by atoms with Crippen molar-refractivity contribution in [2.75, 3.05) is 13.7 Å². The van der Waals surface area contributed by atoms with E-state index in [0.29, 0.717) is 4.90 Å². The quantitative estimate of drug-likeness (QED) is 0.280. The third kappa shape index (κ3) is 7.28. The van der Waals surface area contributed by atoms with Crippen molar-refractivity contribution in [2.24, 2.45) is 0 Å². The van der Waals surface area contributed by atoms with Crippen molar-refractivity contribution in [3.8, 4) is 0 Å². The Labute approximate surface area is 212 Å². The van der Waals surface area contributed by atoms with Gasteiger partial charge in [-0.1, -0.05) is 50.7 Å². The molecule has 4 N–H and O–H groups in total. The minimum Gasteiger partial charge on any atom is -0.466 e. The van der Waals surface area contributed by atoms with Gasteiger partial charge < -0.3 is 34.5 Å². The number of nitrogens with one attached hydrogen (secondary N) is 1. The van der Waals surface area contributed by atoms with Crippen LogP contribution in [-0.2, 0) is 23.5 Å². The number of hydrogen-bond acceptors (Lipinski definition) is 9. The van der Waals surface area contributed by atoms with E-state index in [1.165, 1.54) is 14.0 Å². The topological polar surface area (TPSA) is 135 Å². The highest BCUT2D eigenvalue weighted by molar-refractivity contribution is 8.01. The number of carbonyl (C=O) groups excluding carboxylic acids is 2. The molecule has 11 heteroatoms. The first-order chi connectivity index (χ1) is 16.1. The maximum Gasteiger partial charge on any atom is 0.349 e. The summed E-state index contributed by atoms with van der Waals surface area (Å²) in [6.07, 6.45) is -5.77. The van der Waals surface area contributed by atoms with Gasteiger partial charge in [-0.05, 0) is 30.3 Å². The summed E-state index contributed by atoms with van der Waals surface area (Å²) < 4.78 is 17.2. The van der Waals surface area contributed by atoms with E-state index in [-0.39, 0.29) is 18.1 Å². The summed E-state index contributed by atoms with van der Waals surface area (Å²) in [6, 6.07) is 7.89. The van der Waals surface area contributed by atoms with Crippen LogP contribution >= 0.6 is 11.8 Å². The van der Waals surface area contributed by atoms with E-state index in [1.54, 1.807) is 24.3 Å². The molecule has 0 aliphatic carbocycles. The van der Waals surface area contributed by atoms with Gasteiger partial charge in [0.2, 0.25) is 10.8 Å². The van der Waals surface area contributed by atoms with Crippen LogP contribution in [0.2, 0.25) is 18.1 Å². The molecule has 1 heterocycles. The van der Waals surface area contributed by atoms with Gasteiger partial charge in [0.1, 0.15) is 18.3 Å². The molecule has 1 aliphatic rings. The molecular formula is C24H39NO8SSi. The lowest BCUT2D eigenvalue weighted by molar-refractivity contribution is -0.206. The van der Waals surface area contributed by atoms with Crippen molar-refractivity contribution in [2.45, 2.75) is 92.5 Å². The molecule has 0 saturated carbocycles. The maximum atomic E-state index is 12.9. The number of carbonyl (C=O) groups is 2. The van der Waals surface area contributed by atoms with Gasteiger partial charge in [-0.2, -0.15) is 0 Å². The molecule has 0 aromatic heterocycles. The Hall–Kier alpha value is -1.47. The first kappa shape index (κ1) is 29.8. The number of rotatable bonds is 9. The molecule has 198 valence electrons. The Kier molecular flexibility index (Phi) is 9.96. The molecule has 0 bridgehead atoms. The molecule has 9 nitrogen and oxygen atoms in total. The summed E-state index contributed by atoms with van der Waals surface area (Å²) in [4.78, 5) is 23.8. The molecular weight excluding hydrogens is 490 g/mol. The number of esters is 1. The number of aliphatic hydroxyl groups excluding tert-OH is 3. The monoisotopic (exact) mass is 529 g/mol. The van der Waals surface area contributed by atoms with Gasteiger partial charge in [0.25, 0.3) is 0 Å². The minimum atomic E-state index is -2.23. The zero-order valence-corrected chi connectivity index (χ0v) is 23.3. The van der Waals surface area contributed by atoms with E-state index >= 15 is 0 Å². The fraction of sp³-hybridized carbons (Fsp3) is 0.667. The highest BCUT2D eigenvalue weighted by atomic mass is 32.2. The van der Waals surface area contributed by atoms with Gasteiger partial charge in [-0.3, -0.25) is 4.79 Å². The number of amides is 1. The average Bonchev–Trinajstić information content (AvgIpc) is 2.77. The van der Waals surface area contributed by atoms with E-state index < -0.39 is 55.6 Å². The fourth-order valence-electron chi connectivity index (χ4n) is 3.56. The van der Waals surface area contributed by atoms with Crippen LogP contribution in [0.1, 0.15) is 34.1 Å². The number of ether oxygens (including phenoxy) is 2. The number of aliphatic hydroxyl groups is 3. The van der Waals surface area contributed by atoms with Crippen LogP contribution in [0.4, 0.5) is 0 Å². The number of methoxy groups -OCH3 is 1. The summed E-state index contributed by atoms with van der Waals surface area (Å²) in [7, 11) is -1.03. The third-order valence-corrected chi connectivity index (χ3v) is 12.4. The Morgan fingerprint density at radius 1 is 1.26 bits per heavy atom. The second kappa shape index (κ2) is 11.7. The lowest BCUT2D eigenvalue weighted by Crippen LogP contribution is -2.66.